The number of amides is 1. The molecule has 2 heterocycles. The smallest absolute Gasteiger partial charge is 0.253 e. The molecule has 0 unspecified atom stereocenters. The van der Waals surface area contributed by atoms with E-state index in [0.717, 1.165) is 37.4 Å². The van der Waals surface area contributed by atoms with Gasteiger partial charge in [0, 0.05) is 44.6 Å². The number of piperazine rings is 1. The summed E-state index contributed by atoms with van der Waals surface area (Å²) in [6.07, 6.45) is 3.48. The summed E-state index contributed by atoms with van der Waals surface area (Å²) in [5.74, 6) is -0.0921. The van der Waals surface area contributed by atoms with Crippen LogP contribution in [0, 0.1) is 6.92 Å². The van der Waals surface area contributed by atoms with Crippen LogP contribution in [0.2, 0.25) is 0 Å². The molecule has 1 saturated heterocycles. The summed E-state index contributed by atoms with van der Waals surface area (Å²) in [5.41, 5.74) is 5.16. The van der Waals surface area contributed by atoms with Crippen LogP contribution in [0.25, 0.3) is 0 Å². The Hall–Kier alpha value is -3.34. The van der Waals surface area contributed by atoms with Crippen molar-refractivity contribution in [2.45, 2.75) is 13.5 Å². The average Bonchev–Trinajstić information content (AvgIpc) is 2.79. The molecule has 3 aromatic rings. The van der Waals surface area contributed by atoms with Crippen molar-refractivity contribution >= 4 is 17.3 Å². The van der Waals surface area contributed by atoms with E-state index in [2.05, 4.69) is 57.4 Å². The molecule has 0 saturated carbocycles. The van der Waals surface area contributed by atoms with E-state index in [-0.39, 0.29) is 5.91 Å². The van der Waals surface area contributed by atoms with Crippen LogP contribution < -0.4 is 15.1 Å². The largest absolute Gasteiger partial charge is 0.368 e. The number of para-hydroxylation sites is 1. The molecule has 1 amide bonds. The molecule has 4 rings (SSSR count). The van der Waals surface area contributed by atoms with Crippen LogP contribution in [0.5, 0.6) is 0 Å². The lowest BCUT2D eigenvalue weighted by Gasteiger charge is -2.37. The van der Waals surface area contributed by atoms with Gasteiger partial charge in [0.15, 0.2) is 0 Å². The number of rotatable bonds is 5. The van der Waals surface area contributed by atoms with Crippen LogP contribution in [-0.2, 0) is 6.54 Å². The summed E-state index contributed by atoms with van der Waals surface area (Å²) in [6, 6.07) is 20.5. The monoisotopic (exact) mass is 386 g/mol. The summed E-state index contributed by atoms with van der Waals surface area (Å²) >= 11 is 0. The van der Waals surface area contributed by atoms with Crippen molar-refractivity contribution in [3.05, 3.63) is 89.7 Å². The first kappa shape index (κ1) is 19.0. The van der Waals surface area contributed by atoms with Crippen molar-refractivity contribution < 1.29 is 4.79 Å². The van der Waals surface area contributed by atoms with Gasteiger partial charge >= 0.3 is 0 Å². The normalized spacial score (nSPS) is 14.0. The van der Waals surface area contributed by atoms with E-state index in [0.29, 0.717) is 12.1 Å². The van der Waals surface area contributed by atoms with E-state index in [9.17, 15) is 4.79 Å². The second-order valence-corrected chi connectivity index (χ2v) is 7.35. The van der Waals surface area contributed by atoms with Gasteiger partial charge in [-0.05, 0) is 36.2 Å². The van der Waals surface area contributed by atoms with Gasteiger partial charge in [-0.1, -0.05) is 42.5 Å². The van der Waals surface area contributed by atoms with Gasteiger partial charge in [-0.3, -0.25) is 9.78 Å². The number of carbonyl (C=O) groups excluding carboxylic acids is 1. The van der Waals surface area contributed by atoms with Gasteiger partial charge in [0.2, 0.25) is 0 Å². The number of nitrogens with zero attached hydrogens (tertiary/aromatic N) is 3. The molecular formula is C24H26N4O. The van der Waals surface area contributed by atoms with Crippen LogP contribution in [0.15, 0.2) is 73.1 Å². The first-order chi connectivity index (χ1) is 14.2. The Morgan fingerprint density at radius 2 is 1.55 bits per heavy atom. The lowest BCUT2D eigenvalue weighted by atomic mass is 10.1. The Morgan fingerprint density at radius 3 is 2.28 bits per heavy atom. The third-order valence-corrected chi connectivity index (χ3v) is 5.45. The molecule has 29 heavy (non-hydrogen) atoms. The standard InChI is InChI=1S/C24H26N4O/c1-19-7-5-6-8-20(19)17-26-24(29)21-15-23(18-25-16-21)28-13-11-27(12-14-28)22-9-3-2-4-10-22/h2-10,15-16,18H,11-14,17H2,1H3,(H,26,29). The van der Waals surface area contributed by atoms with E-state index < -0.39 is 0 Å². The quantitative estimate of drug-likeness (QED) is 0.727. The maximum Gasteiger partial charge on any atom is 0.253 e. The molecule has 0 bridgehead atoms. The predicted octanol–water partition coefficient (Wildman–Crippen LogP) is 3.65. The summed E-state index contributed by atoms with van der Waals surface area (Å²) in [5, 5.41) is 3.01. The summed E-state index contributed by atoms with van der Waals surface area (Å²) < 4.78 is 0. The van der Waals surface area contributed by atoms with Crippen molar-refractivity contribution in [1.82, 2.24) is 10.3 Å². The second-order valence-electron chi connectivity index (χ2n) is 7.35. The molecule has 0 aliphatic carbocycles. The molecule has 0 radical (unpaired) electrons. The Kier molecular flexibility index (Phi) is 5.75. The zero-order valence-electron chi connectivity index (χ0n) is 16.7. The van der Waals surface area contributed by atoms with Crippen molar-refractivity contribution in [2.24, 2.45) is 0 Å². The second kappa shape index (κ2) is 8.78. The first-order valence-corrected chi connectivity index (χ1v) is 10.0. The number of anilines is 2. The Balaban J connectivity index is 1.37. The van der Waals surface area contributed by atoms with Crippen LogP contribution in [-0.4, -0.2) is 37.1 Å². The maximum atomic E-state index is 12.6. The molecule has 1 aliphatic rings. The molecule has 5 heteroatoms. The van der Waals surface area contributed by atoms with Gasteiger partial charge in [-0.25, -0.2) is 0 Å². The molecule has 1 fully saturated rings. The van der Waals surface area contributed by atoms with E-state index in [4.69, 9.17) is 0 Å². The molecule has 1 aromatic heterocycles. The number of hydrogen-bond acceptors (Lipinski definition) is 4. The minimum absolute atomic E-state index is 0.0921. The summed E-state index contributed by atoms with van der Waals surface area (Å²) in [6.45, 7) is 6.29. The van der Waals surface area contributed by atoms with E-state index >= 15 is 0 Å². The molecule has 148 valence electrons. The highest BCUT2D eigenvalue weighted by Gasteiger charge is 2.18. The minimum Gasteiger partial charge on any atom is -0.368 e. The van der Waals surface area contributed by atoms with Gasteiger partial charge in [-0.2, -0.15) is 0 Å². The van der Waals surface area contributed by atoms with Gasteiger partial charge in [0.25, 0.3) is 5.91 Å². The third-order valence-electron chi connectivity index (χ3n) is 5.45. The number of aromatic nitrogens is 1. The number of pyridine rings is 1. The topological polar surface area (TPSA) is 48.5 Å². The van der Waals surface area contributed by atoms with Crippen molar-refractivity contribution in [2.75, 3.05) is 36.0 Å². The van der Waals surface area contributed by atoms with Crippen molar-refractivity contribution in [1.29, 1.82) is 0 Å². The first-order valence-electron chi connectivity index (χ1n) is 10.0. The molecule has 0 atom stereocenters. The predicted molar refractivity (Wildman–Crippen MR) is 117 cm³/mol. The van der Waals surface area contributed by atoms with Gasteiger partial charge < -0.3 is 15.1 Å². The maximum absolute atomic E-state index is 12.6. The number of nitrogens with one attached hydrogen (secondary N) is 1. The Morgan fingerprint density at radius 1 is 0.897 bits per heavy atom. The van der Waals surface area contributed by atoms with Crippen LogP contribution >= 0.6 is 0 Å². The third kappa shape index (κ3) is 4.57. The van der Waals surface area contributed by atoms with Crippen LogP contribution in [0.3, 0.4) is 0 Å². The SMILES string of the molecule is Cc1ccccc1CNC(=O)c1cncc(N2CCN(c3ccccc3)CC2)c1. The van der Waals surface area contributed by atoms with Crippen molar-refractivity contribution in [3.8, 4) is 0 Å². The molecule has 0 spiro atoms. The average molecular weight is 386 g/mol. The Bertz CT molecular complexity index is 965. The number of benzene rings is 2. The fourth-order valence-corrected chi connectivity index (χ4v) is 3.67. The lowest BCUT2D eigenvalue weighted by Crippen LogP contribution is -2.46. The fraction of sp³-hybridized carbons (Fsp3) is 0.250. The zero-order valence-corrected chi connectivity index (χ0v) is 16.7. The van der Waals surface area contributed by atoms with E-state index in [1.807, 2.05) is 36.5 Å². The highest BCUT2D eigenvalue weighted by atomic mass is 16.1. The van der Waals surface area contributed by atoms with Crippen LogP contribution in [0.4, 0.5) is 11.4 Å². The minimum atomic E-state index is -0.0921. The lowest BCUT2D eigenvalue weighted by molar-refractivity contribution is 0.0950. The molecule has 1 N–H and O–H groups in total. The summed E-state index contributed by atoms with van der Waals surface area (Å²) in [7, 11) is 0. The van der Waals surface area contributed by atoms with Crippen LogP contribution in [0.1, 0.15) is 21.5 Å². The molecule has 5 nitrogen and oxygen atoms in total. The summed E-state index contributed by atoms with van der Waals surface area (Å²) in [4.78, 5) is 21.6. The fourth-order valence-electron chi connectivity index (χ4n) is 3.67. The number of carbonyl (C=O) groups is 1. The van der Waals surface area contributed by atoms with Crippen molar-refractivity contribution in [3.63, 3.8) is 0 Å². The zero-order chi connectivity index (χ0) is 20.1. The van der Waals surface area contributed by atoms with Gasteiger partial charge in [0.05, 0.1) is 17.4 Å². The van der Waals surface area contributed by atoms with Gasteiger partial charge in [-0.15, -0.1) is 0 Å². The molecular weight excluding hydrogens is 360 g/mol. The molecule has 2 aromatic carbocycles. The van der Waals surface area contributed by atoms with E-state index in [1.165, 1.54) is 11.3 Å². The Labute approximate surface area is 172 Å². The highest BCUT2D eigenvalue weighted by molar-refractivity contribution is 5.94. The van der Waals surface area contributed by atoms with Gasteiger partial charge in [0.1, 0.15) is 0 Å². The highest BCUT2D eigenvalue weighted by Crippen LogP contribution is 2.20. The van der Waals surface area contributed by atoms with E-state index in [1.54, 1.807) is 6.20 Å². The number of hydrogen-bond donors (Lipinski definition) is 1. The number of aryl methyl sites for hydroxylation is 1. The molecule has 1 aliphatic heterocycles.